The minimum atomic E-state index is -0.689. The average Bonchev–Trinajstić information content (AvgIpc) is 2.36. The number of halogens is 3. The molecule has 100 valence electrons. The standard InChI is InChI=1S/C15H13ClFIO/c1-9-2-4-12(17)6-10(9)7-15(19)13-8-11(16)3-5-14(13)18/h2-6,8,15,19H,7H2,1H3. The molecule has 0 saturated heterocycles. The van der Waals surface area contributed by atoms with Crippen LogP contribution in [0.2, 0.25) is 5.02 Å². The fourth-order valence-corrected chi connectivity index (χ4v) is 2.82. The van der Waals surface area contributed by atoms with Crippen molar-refractivity contribution in [1.82, 2.24) is 0 Å². The van der Waals surface area contributed by atoms with Crippen LogP contribution in [0.5, 0.6) is 0 Å². The van der Waals surface area contributed by atoms with Crippen LogP contribution in [0.1, 0.15) is 22.8 Å². The molecule has 0 heterocycles. The number of aryl methyl sites for hydroxylation is 1. The molecule has 1 N–H and O–H groups in total. The molecule has 2 rings (SSSR count). The minimum Gasteiger partial charge on any atom is -0.388 e. The molecule has 0 aromatic heterocycles. The van der Waals surface area contributed by atoms with Gasteiger partial charge in [-0.2, -0.15) is 0 Å². The highest BCUT2D eigenvalue weighted by Crippen LogP contribution is 2.27. The van der Waals surface area contributed by atoms with E-state index in [1.807, 2.05) is 13.0 Å². The van der Waals surface area contributed by atoms with Crippen molar-refractivity contribution in [3.8, 4) is 0 Å². The molecule has 0 radical (unpaired) electrons. The second-order valence-electron chi connectivity index (χ2n) is 4.46. The van der Waals surface area contributed by atoms with Crippen LogP contribution in [0.15, 0.2) is 36.4 Å². The van der Waals surface area contributed by atoms with Crippen molar-refractivity contribution in [3.63, 3.8) is 0 Å². The van der Waals surface area contributed by atoms with E-state index in [-0.39, 0.29) is 5.82 Å². The molecule has 0 aliphatic heterocycles. The Hall–Kier alpha value is -0.650. The molecule has 0 aliphatic carbocycles. The van der Waals surface area contributed by atoms with Gasteiger partial charge in [0, 0.05) is 15.0 Å². The van der Waals surface area contributed by atoms with Gasteiger partial charge in [-0.25, -0.2) is 4.39 Å². The summed E-state index contributed by atoms with van der Waals surface area (Å²) in [5.41, 5.74) is 2.55. The Morgan fingerprint density at radius 3 is 2.74 bits per heavy atom. The van der Waals surface area contributed by atoms with Gasteiger partial charge >= 0.3 is 0 Å². The van der Waals surface area contributed by atoms with Gasteiger partial charge in [-0.05, 0) is 76.5 Å². The molecule has 0 aliphatic rings. The number of benzene rings is 2. The van der Waals surface area contributed by atoms with Crippen LogP contribution < -0.4 is 0 Å². The molecular formula is C15H13ClFIO. The molecular weight excluding hydrogens is 378 g/mol. The smallest absolute Gasteiger partial charge is 0.123 e. The maximum atomic E-state index is 13.2. The zero-order valence-electron chi connectivity index (χ0n) is 10.3. The number of hydrogen-bond donors (Lipinski definition) is 1. The second kappa shape index (κ2) is 6.20. The Labute approximate surface area is 130 Å². The van der Waals surface area contributed by atoms with Crippen LogP contribution in [0.3, 0.4) is 0 Å². The molecule has 0 fully saturated rings. The first-order valence-corrected chi connectivity index (χ1v) is 7.31. The van der Waals surface area contributed by atoms with Crippen molar-refractivity contribution < 1.29 is 9.50 Å². The summed E-state index contributed by atoms with van der Waals surface area (Å²) in [6.07, 6.45) is -0.314. The molecule has 2 aromatic rings. The van der Waals surface area contributed by atoms with E-state index in [9.17, 15) is 9.50 Å². The lowest BCUT2D eigenvalue weighted by molar-refractivity contribution is 0.177. The van der Waals surface area contributed by atoms with Gasteiger partial charge in [0.1, 0.15) is 5.82 Å². The van der Waals surface area contributed by atoms with Gasteiger partial charge in [0.05, 0.1) is 6.10 Å². The van der Waals surface area contributed by atoms with Crippen LogP contribution in [-0.2, 0) is 6.42 Å². The monoisotopic (exact) mass is 390 g/mol. The lowest BCUT2D eigenvalue weighted by atomic mass is 9.98. The fourth-order valence-electron chi connectivity index (χ4n) is 1.95. The van der Waals surface area contributed by atoms with Crippen molar-refractivity contribution in [1.29, 1.82) is 0 Å². The normalized spacial score (nSPS) is 12.5. The first-order chi connectivity index (χ1) is 8.97. The molecule has 2 aromatic carbocycles. The first-order valence-electron chi connectivity index (χ1n) is 5.85. The van der Waals surface area contributed by atoms with Crippen LogP contribution in [-0.4, -0.2) is 5.11 Å². The third-order valence-corrected chi connectivity index (χ3v) is 4.26. The Bertz CT molecular complexity index is 601. The van der Waals surface area contributed by atoms with Crippen LogP contribution >= 0.6 is 34.2 Å². The third-order valence-electron chi connectivity index (χ3n) is 3.04. The van der Waals surface area contributed by atoms with Gasteiger partial charge in [0.25, 0.3) is 0 Å². The van der Waals surface area contributed by atoms with Gasteiger partial charge in [-0.15, -0.1) is 0 Å². The number of aliphatic hydroxyl groups excluding tert-OH is 1. The molecule has 1 nitrogen and oxygen atoms in total. The molecule has 1 unspecified atom stereocenters. The minimum absolute atomic E-state index is 0.284. The highest BCUT2D eigenvalue weighted by molar-refractivity contribution is 14.1. The maximum absolute atomic E-state index is 13.2. The van der Waals surface area contributed by atoms with Crippen molar-refractivity contribution in [2.45, 2.75) is 19.4 Å². The molecule has 0 saturated carbocycles. The molecule has 1 atom stereocenters. The summed E-state index contributed by atoms with van der Waals surface area (Å²) in [5, 5.41) is 10.9. The summed E-state index contributed by atoms with van der Waals surface area (Å²) >= 11 is 8.10. The van der Waals surface area contributed by atoms with Crippen LogP contribution in [0.25, 0.3) is 0 Å². The zero-order valence-corrected chi connectivity index (χ0v) is 13.2. The van der Waals surface area contributed by atoms with E-state index in [4.69, 9.17) is 11.6 Å². The fraction of sp³-hybridized carbons (Fsp3) is 0.200. The third kappa shape index (κ3) is 3.68. The highest BCUT2D eigenvalue weighted by Gasteiger charge is 2.14. The largest absolute Gasteiger partial charge is 0.388 e. The lowest BCUT2D eigenvalue weighted by Crippen LogP contribution is -2.05. The SMILES string of the molecule is Cc1ccc(F)cc1CC(O)c1cc(Cl)ccc1I. The van der Waals surface area contributed by atoms with E-state index in [2.05, 4.69) is 22.6 Å². The Balaban J connectivity index is 2.27. The zero-order chi connectivity index (χ0) is 14.0. The molecule has 0 spiro atoms. The summed E-state index contributed by atoms with van der Waals surface area (Å²) in [4.78, 5) is 0. The maximum Gasteiger partial charge on any atom is 0.123 e. The van der Waals surface area contributed by atoms with Gasteiger partial charge in [-0.3, -0.25) is 0 Å². The summed E-state index contributed by atoms with van der Waals surface area (Å²) in [6, 6.07) is 10.0. The van der Waals surface area contributed by atoms with Crippen molar-refractivity contribution in [2.24, 2.45) is 0 Å². The van der Waals surface area contributed by atoms with Gasteiger partial charge < -0.3 is 5.11 Å². The number of rotatable bonds is 3. The first kappa shape index (κ1) is 14.8. The van der Waals surface area contributed by atoms with E-state index in [1.165, 1.54) is 12.1 Å². The summed E-state index contributed by atoms with van der Waals surface area (Å²) in [6.45, 7) is 1.91. The van der Waals surface area contributed by atoms with E-state index in [0.29, 0.717) is 11.4 Å². The van der Waals surface area contributed by atoms with Gasteiger partial charge in [0.15, 0.2) is 0 Å². The van der Waals surface area contributed by atoms with E-state index >= 15 is 0 Å². The summed E-state index contributed by atoms with van der Waals surface area (Å²) in [7, 11) is 0. The van der Waals surface area contributed by atoms with Gasteiger partial charge in [-0.1, -0.05) is 17.7 Å². The molecule has 19 heavy (non-hydrogen) atoms. The van der Waals surface area contributed by atoms with Crippen molar-refractivity contribution in [3.05, 3.63) is 67.5 Å². The predicted molar refractivity (Wildman–Crippen MR) is 84.0 cm³/mol. The number of aliphatic hydroxyl groups is 1. The summed E-state index contributed by atoms with van der Waals surface area (Å²) in [5.74, 6) is -0.284. The highest BCUT2D eigenvalue weighted by atomic mass is 127. The number of hydrogen-bond acceptors (Lipinski definition) is 1. The average molecular weight is 391 g/mol. The Kier molecular flexibility index (Phi) is 4.81. The second-order valence-corrected chi connectivity index (χ2v) is 6.06. The van der Waals surface area contributed by atoms with Crippen molar-refractivity contribution >= 4 is 34.2 Å². The summed E-state index contributed by atoms with van der Waals surface area (Å²) < 4.78 is 14.2. The van der Waals surface area contributed by atoms with E-state index < -0.39 is 6.10 Å². The van der Waals surface area contributed by atoms with E-state index in [0.717, 1.165) is 20.3 Å². The quantitative estimate of drug-likeness (QED) is 0.755. The molecule has 0 bridgehead atoms. The van der Waals surface area contributed by atoms with Gasteiger partial charge in [0.2, 0.25) is 0 Å². The molecule has 4 heteroatoms. The molecule has 0 amide bonds. The topological polar surface area (TPSA) is 20.2 Å². The lowest BCUT2D eigenvalue weighted by Gasteiger charge is -2.15. The van der Waals surface area contributed by atoms with Crippen LogP contribution in [0, 0.1) is 16.3 Å². The van der Waals surface area contributed by atoms with Crippen LogP contribution in [0.4, 0.5) is 4.39 Å². The van der Waals surface area contributed by atoms with Crippen molar-refractivity contribution in [2.75, 3.05) is 0 Å². The van der Waals surface area contributed by atoms with E-state index in [1.54, 1.807) is 18.2 Å². The Morgan fingerprint density at radius 1 is 1.26 bits per heavy atom. The Morgan fingerprint density at radius 2 is 2.00 bits per heavy atom. The predicted octanol–water partition coefficient (Wildman–Crippen LogP) is 4.67.